The lowest BCUT2D eigenvalue weighted by atomic mass is 10.0. The fourth-order valence-corrected chi connectivity index (χ4v) is 3.93. The van der Waals surface area contributed by atoms with Crippen LogP contribution in [0.25, 0.3) is 11.3 Å². The SMILES string of the molecule is COc1ccc(OC)c(-c2cc(C(=O)NC3CCCN(Cc4ccccc4)C3)no2)c1. The summed E-state index contributed by atoms with van der Waals surface area (Å²) in [5.74, 6) is 1.50. The highest BCUT2D eigenvalue weighted by Crippen LogP contribution is 2.33. The van der Waals surface area contributed by atoms with Gasteiger partial charge in [-0.15, -0.1) is 0 Å². The summed E-state index contributed by atoms with van der Waals surface area (Å²) in [5.41, 5.74) is 2.21. The molecule has 162 valence electrons. The molecule has 0 aliphatic carbocycles. The standard InChI is InChI=1S/C24H27N3O4/c1-29-19-10-11-22(30-2)20(13-19)23-14-21(26-31-23)24(28)25-18-9-6-12-27(16-18)15-17-7-4-3-5-8-17/h3-5,7-8,10-11,13-14,18H,6,9,12,15-16H2,1-2H3,(H,25,28). The first-order valence-electron chi connectivity index (χ1n) is 10.4. The van der Waals surface area contributed by atoms with E-state index in [0.29, 0.717) is 22.8 Å². The third-order valence-corrected chi connectivity index (χ3v) is 5.50. The maximum atomic E-state index is 12.8. The Morgan fingerprint density at radius 1 is 1.16 bits per heavy atom. The van der Waals surface area contributed by atoms with Gasteiger partial charge in [0.05, 0.1) is 19.8 Å². The number of ether oxygens (including phenoxy) is 2. The monoisotopic (exact) mass is 421 g/mol. The number of nitrogens with one attached hydrogen (secondary N) is 1. The van der Waals surface area contributed by atoms with Gasteiger partial charge < -0.3 is 19.3 Å². The molecule has 1 amide bonds. The van der Waals surface area contributed by atoms with E-state index in [0.717, 1.165) is 32.5 Å². The van der Waals surface area contributed by atoms with Gasteiger partial charge in [0.1, 0.15) is 11.5 Å². The Hall–Kier alpha value is -3.32. The van der Waals surface area contributed by atoms with Crippen LogP contribution < -0.4 is 14.8 Å². The number of nitrogens with zero attached hydrogens (tertiary/aromatic N) is 2. The van der Waals surface area contributed by atoms with Crippen molar-refractivity contribution < 1.29 is 18.8 Å². The number of aromatic nitrogens is 1. The highest BCUT2D eigenvalue weighted by Gasteiger charge is 2.24. The molecule has 1 aliphatic heterocycles. The molecule has 7 heteroatoms. The summed E-state index contributed by atoms with van der Waals surface area (Å²) in [6, 6.07) is 17.5. The second-order valence-corrected chi connectivity index (χ2v) is 7.68. The first-order valence-corrected chi connectivity index (χ1v) is 10.4. The van der Waals surface area contributed by atoms with Crippen molar-refractivity contribution in [2.45, 2.75) is 25.4 Å². The van der Waals surface area contributed by atoms with Gasteiger partial charge in [-0.2, -0.15) is 0 Å². The quantitative estimate of drug-likeness (QED) is 0.626. The van der Waals surface area contributed by atoms with Crippen molar-refractivity contribution in [3.05, 3.63) is 65.9 Å². The van der Waals surface area contributed by atoms with E-state index < -0.39 is 0 Å². The van der Waals surface area contributed by atoms with Crippen molar-refractivity contribution in [1.82, 2.24) is 15.4 Å². The molecule has 3 aromatic rings. The van der Waals surface area contributed by atoms with Crippen molar-refractivity contribution in [1.29, 1.82) is 0 Å². The lowest BCUT2D eigenvalue weighted by Gasteiger charge is -2.33. The number of rotatable bonds is 7. The number of hydrogen-bond acceptors (Lipinski definition) is 6. The van der Waals surface area contributed by atoms with Gasteiger partial charge in [0.2, 0.25) is 0 Å². The van der Waals surface area contributed by atoms with Crippen molar-refractivity contribution in [2.75, 3.05) is 27.3 Å². The Labute approximate surface area is 181 Å². The Kier molecular flexibility index (Phi) is 6.52. The summed E-state index contributed by atoms with van der Waals surface area (Å²) in [6.07, 6.45) is 1.99. The molecule has 0 radical (unpaired) electrons. The van der Waals surface area contributed by atoms with Gasteiger partial charge in [0.25, 0.3) is 5.91 Å². The number of piperidine rings is 1. The predicted octanol–water partition coefficient (Wildman–Crippen LogP) is 3.75. The summed E-state index contributed by atoms with van der Waals surface area (Å²) in [5, 5.41) is 7.09. The van der Waals surface area contributed by atoms with Crippen LogP contribution in [-0.4, -0.2) is 49.3 Å². The van der Waals surface area contributed by atoms with Crippen molar-refractivity contribution in [3.8, 4) is 22.8 Å². The number of amides is 1. The number of likely N-dealkylation sites (tertiary alicyclic amines) is 1. The molecule has 1 fully saturated rings. The predicted molar refractivity (Wildman–Crippen MR) is 117 cm³/mol. The Morgan fingerprint density at radius 2 is 2.00 bits per heavy atom. The van der Waals surface area contributed by atoms with Gasteiger partial charge in [-0.1, -0.05) is 35.5 Å². The molecule has 1 atom stereocenters. The normalized spacial score (nSPS) is 16.6. The fraction of sp³-hybridized carbons (Fsp3) is 0.333. The lowest BCUT2D eigenvalue weighted by molar-refractivity contribution is 0.0892. The van der Waals surface area contributed by atoms with E-state index in [1.54, 1.807) is 38.5 Å². The molecule has 0 spiro atoms. The second kappa shape index (κ2) is 9.66. The van der Waals surface area contributed by atoms with Gasteiger partial charge >= 0.3 is 0 Å². The van der Waals surface area contributed by atoms with Crippen LogP contribution in [0.1, 0.15) is 28.9 Å². The Morgan fingerprint density at radius 3 is 2.77 bits per heavy atom. The van der Waals surface area contributed by atoms with Crippen molar-refractivity contribution in [2.24, 2.45) is 0 Å². The summed E-state index contributed by atoms with van der Waals surface area (Å²) in [4.78, 5) is 15.2. The Bertz CT molecular complexity index is 1020. The number of hydrogen-bond donors (Lipinski definition) is 1. The van der Waals surface area contributed by atoms with Gasteiger partial charge in [0, 0.05) is 25.2 Å². The largest absolute Gasteiger partial charge is 0.497 e. The average Bonchev–Trinajstić information content (AvgIpc) is 3.30. The number of carbonyl (C=O) groups is 1. The zero-order valence-corrected chi connectivity index (χ0v) is 17.8. The van der Waals surface area contributed by atoms with Crippen molar-refractivity contribution in [3.63, 3.8) is 0 Å². The van der Waals surface area contributed by atoms with E-state index in [1.807, 2.05) is 6.07 Å². The zero-order chi connectivity index (χ0) is 21.6. The molecule has 1 aliphatic rings. The Balaban J connectivity index is 1.41. The van der Waals surface area contributed by atoms with E-state index in [-0.39, 0.29) is 17.6 Å². The molecule has 7 nitrogen and oxygen atoms in total. The van der Waals surface area contributed by atoms with E-state index in [4.69, 9.17) is 14.0 Å². The fourth-order valence-electron chi connectivity index (χ4n) is 3.93. The zero-order valence-electron chi connectivity index (χ0n) is 17.8. The minimum atomic E-state index is -0.233. The maximum Gasteiger partial charge on any atom is 0.273 e. The third kappa shape index (κ3) is 5.06. The molecule has 1 unspecified atom stereocenters. The summed E-state index contributed by atoms with van der Waals surface area (Å²) < 4.78 is 16.1. The lowest BCUT2D eigenvalue weighted by Crippen LogP contribution is -2.47. The van der Waals surface area contributed by atoms with Crippen LogP contribution in [0.5, 0.6) is 11.5 Å². The molecule has 1 N–H and O–H groups in total. The van der Waals surface area contributed by atoms with Crippen LogP contribution in [0.2, 0.25) is 0 Å². The van der Waals surface area contributed by atoms with Crippen molar-refractivity contribution >= 4 is 5.91 Å². The third-order valence-electron chi connectivity index (χ3n) is 5.50. The van der Waals surface area contributed by atoms with Gasteiger partial charge in [-0.25, -0.2) is 0 Å². The molecular weight excluding hydrogens is 394 g/mol. The molecule has 4 rings (SSSR count). The van der Waals surface area contributed by atoms with E-state index >= 15 is 0 Å². The second-order valence-electron chi connectivity index (χ2n) is 7.68. The maximum absolute atomic E-state index is 12.8. The summed E-state index contributed by atoms with van der Waals surface area (Å²) >= 11 is 0. The summed E-state index contributed by atoms with van der Waals surface area (Å²) in [6.45, 7) is 2.73. The van der Waals surface area contributed by atoms with Crippen LogP contribution in [0, 0.1) is 0 Å². The summed E-state index contributed by atoms with van der Waals surface area (Å²) in [7, 11) is 3.18. The van der Waals surface area contributed by atoms with Gasteiger partial charge in [0.15, 0.2) is 11.5 Å². The number of carbonyl (C=O) groups excluding carboxylic acids is 1. The average molecular weight is 421 g/mol. The van der Waals surface area contributed by atoms with E-state index in [2.05, 4.69) is 39.6 Å². The molecular formula is C24H27N3O4. The van der Waals surface area contributed by atoms with Gasteiger partial charge in [-0.05, 0) is 43.1 Å². The number of methoxy groups -OCH3 is 2. The molecule has 0 saturated carbocycles. The smallest absolute Gasteiger partial charge is 0.273 e. The molecule has 0 bridgehead atoms. The highest BCUT2D eigenvalue weighted by atomic mass is 16.5. The minimum Gasteiger partial charge on any atom is -0.497 e. The number of benzene rings is 2. The van der Waals surface area contributed by atoms with Crippen LogP contribution in [0.4, 0.5) is 0 Å². The van der Waals surface area contributed by atoms with Crippen LogP contribution >= 0.6 is 0 Å². The van der Waals surface area contributed by atoms with Crippen LogP contribution in [0.3, 0.4) is 0 Å². The first-order chi connectivity index (χ1) is 15.2. The highest BCUT2D eigenvalue weighted by molar-refractivity contribution is 5.93. The molecule has 2 heterocycles. The molecule has 1 aromatic heterocycles. The molecule has 1 saturated heterocycles. The molecule has 31 heavy (non-hydrogen) atoms. The molecule has 2 aromatic carbocycles. The van der Waals surface area contributed by atoms with E-state index in [9.17, 15) is 4.79 Å². The van der Waals surface area contributed by atoms with Gasteiger partial charge in [-0.3, -0.25) is 9.69 Å². The first kappa shape index (κ1) is 20.9. The van der Waals surface area contributed by atoms with Crippen LogP contribution in [-0.2, 0) is 6.54 Å². The topological polar surface area (TPSA) is 76.8 Å². The minimum absolute atomic E-state index is 0.0801. The van der Waals surface area contributed by atoms with E-state index in [1.165, 1.54) is 5.56 Å². The van der Waals surface area contributed by atoms with Crippen LogP contribution in [0.15, 0.2) is 59.1 Å².